The molecule has 0 unspecified atom stereocenters. The van der Waals surface area contributed by atoms with Gasteiger partial charge in [-0.05, 0) is 63.1 Å². The predicted octanol–water partition coefficient (Wildman–Crippen LogP) is 3.59. The van der Waals surface area contributed by atoms with E-state index in [1.807, 2.05) is 48.9 Å². The fourth-order valence-corrected chi connectivity index (χ4v) is 5.57. The van der Waals surface area contributed by atoms with Crippen LogP contribution in [0.5, 0.6) is 0 Å². The van der Waals surface area contributed by atoms with Gasteiger partial charge in [-0.1, -0.05) is 24.6 Å². The van der Waals surface area contributed by atoms with E-state index in [-0.39, 0.29) is 10.8 Å². The van der Waals surface area contributed by atoms with E-state index in [0.29, 0.717) is 25.2 Å². The number of aromatic nitrogens is 2. The highest BCUT2D eigenvalue weighted by molar-refractivity contribution is 7.89. The highest BCUT2D eigenvalue weighted by atomic mass is 32.2. The van der Waals surface area contributed by atoms with Gasteiger partial charge in [0.1, 0.15) is 0 Å². The molecule has 168 valence electrons. The van der Waals surface area contributed by atoms with Crippen LogP contribution in [0.4, 0.5) is 0 Å². The molecule has 32 heavy (non-hydrogen) atoms. The zero-order valence-electron chi connectivity index (χ0n) is 18.4. The van der Waals surface area contributed by atoms with Gasteiger partial charge in [0.25, 0.3) is 5.91 Å². The van der Waals surface area contributed by atoms with Crippen LogP contribution in [0.15, 0.2) is 59.5 Å². The van der Waals surface area contributed by atoms with Gasteiger partial charge in [-0.15, -0.1) is 0 Å². The fourth-order valence-electron chi connectivity index (χ4n) is 4.05. The topological polar surface area (TPSA) is 84.3 Å². The lowest BCUT2D eigenvalue weighted by atomic mass is 10.1. The normalized spacial score (nSPS) is 14.9. The number of nitrogens with zero attached hydrogens (tertiary/aromatic N) is 3. The third-order valence-electron chi connectivity index (χ3n) is 5.94. The first kappa shape index (κ1) is 22.2. The number of aryl methyl sites for hydroxylation is 1. The second-order valence-corrected chi connectivity index (χ2v) is 10.0. The van der Waals surface area contributed by atoms with E-state index in [1.54, 1.807) is 12.1 Å². The van der Waals surface area contributed by atoms with E-state index in [4.69, 9.17) is 0 Å². The summed E-state index contributed by atoms with van der Waals surface area (Å²) in [5.41, 5.74) is 4.18. The molecule has 8 heteroatoms. The maximum Gasteiger partial charge on any atom is 0.251 e. The van der Waals surface area contributed by atoms with Crippen LogP contribution in [0.2, 0.25) is 0 Å². The van der Waals surface area contributed by atoms with E-state index in [2.05, 4.69) is 10.4 Å². The summed E-state index contributed by atoms with van der Waals surface area (Å²) in [4.78, 5) is 12.9. The minimum atomic E-state index is -3.50. The Kier molecular flexibility index (Phi) is 6.43. The van der Waals surface area contributed by atoms with Gasteiger partial charge in [0.15, 0.2) is 0 Å². The molecular weight excluding hydrogens is 424 g/mol. The molecule has 2 heterocycles. The van der Waals surface area contributed by atoms with Crippen LogP contribution >= 0.6 is 0 Å². The minimum absolute atomic E-state index is 0.228. The largest absolute Gasteiger partial charge is 0.348 e. The molecule has 1 saturated heterocycles. The molecule has 0 atom stereocenters. The quantitative estimate of drug-likeness (QED) is 0.619. The van der Waals surface area contributed by atoms with Crippen molar-refractivity contribution >= 4 is 15.9 Å². The smallest absolute Gasteiger partial charge is 0.251 e. The van der Waals surface area contributed by atoms with Crippen molar-refractivity contribution in [2.24, 2.45) is 0 Å². The summed E-state index contributed by atoms with van der Waals surface area (Å²) < 4.78 is 29.0. The Hall–Kier alpha value is -2.97. The van der Waals surface area contributed by atoms with E-state index in [0.717, 1.165) is 41.9 Å². The van der Waals surface area contributed by atoms with Crippen LogP contribution in [0.25, 0.3) is 5.69 Å². The summed E-state index contributed by atoms with van der Waals surface area (Å²) in [6, 6.07) is 16.0. The lowest BCUT2D eigenvalue weighted by Crippen LogP contribution is -2.35. The zero-order valence-corrected chi connectivity index (χ0v) is 19.2. The Morgan fingerprint density at radius 2 is 1.62 bits per heavy atom. The molecule has 1 aliphatic rings. The zero-order chi connectivity index (χ0) is 22.7. The average molecular weight is 453 g/mol. The van der Waals surface area contributed by atoms with Gasteiger partial charge < -0.3 is 5.32 Å². The van der Waals surface area contributed by atoms with Gasteiger partial charge in [0, 0.05) is 36.5 Å². The Bertz CT molecular complexity index is 1200. The molecule has 4 rings (SSSR count). The number of nitrogens with one attached hydrogen (secondary N) is 1. The molecule has 1 aromatic heterocycles. The third-order valence-corrected chi connectivity index (χ3v) is 7.85. The monoisotopic (exact) mass is 452 g/mol. The Labute approximate surface area is 189 Å². The molecule has 0 bridgehead atoms. The van der Waals surface area contributed by atoms with Gasteiger partial charge in [0.2, 0.25) is 10.0 Å². The standard InChI is InChI=1S/C24H28N4O3S/c1-18-23(19(2)28(26-18)21-9-5-3-6-10-21)17-25-24(29)20-11-13-22(14-12-20)32(30,31)27-15-7-4-8-16-27/h3,5-6,9-14H,4,7-8,15-17H2,1-2H3,(H,25,29). The van der Waals surface area contributed by atoms with Crippen molar-refractivity contribution in [2.75, 3.05) is 13.1 Å². The highest BCUT2D eigenvalue weighted by Gasteiger charge is 2.26. The first-order valence-electron chi connectivity index (χ1n) is 10.9. The first-order chi connectivity index (χ1) is 15.4. The number of para-hydroxylation sites is 1. The number of rotatable bonds is 6. The number of carbonyl (C=O) groups is 1. The number of hydrogen-bond donors (Lipinski definition) is 1. The molecule has 3 aromatic rings. The number of piperidine rings is 1. The summed E-state index contributed by atoms with van der Waals surface area (Å²) >= 11 is 0. The van der Waals surface area contributed by atoms with Crippen molar-refractivity contribution in [2.45, 2.75) is 44.6 Å². The minimum Gasteiger partial charge on any atom is -0.348 e. The van der Waals surface area contributed by atoms with Gasteiger partial charge in [0.05, 0.1) is 16.3 Å². The molecule has 0 radical (unpaired) electrons. The van der Waals surface area contributed by atoms with Crippen molar-refractivity contribution < 1.29 is 13.2 Å². The first-order valence-corrected chi connectivity index (χ1v) is 12.3. The van der Waals surface area contributed by atoms with E-state index >= 15 is 0 Å². The molecular formula is C24H28N4O3S. The van der Waals surface area contributed by atoms with Crippen molar-refractivity contribution in [1.82, 2.24) is 19.4 Å². The number of carbonyl (C=O) groups excluding carboxylic acids is 1. The molecule has 1 fully saturated rings. The maximum absolute atomic E-state index is 12.8. The molecule has 7 nitrogen and oxygen atoms in total. The fraction of sp³-hybridized carbons (Fsp3) is 0.333. The van der Waals surface area contributed by atoms with Crippen LogP contribution in [0.3, 0.4) is 0 Å². The molecule has 1 N–H and O–H groups in total. The lowest BCUT2D eigenvalue weighted by Gasteiger charge is -2.25. The summed E-state index contributed by atoms with van der Waals surface area (Å²) in [6.45, 7) is 5.36. The second-order valence-electron chi connectivity index (χ2n) is 8.07. The summed E-state index contributed by atoms with van der Waals surface area (Å²) in [5.74, 6) is -0.252. The molecule has 1 aliphatic heterocycles. The highest BCUT2D eigenvalue weighted by Crippen LogP contribution is 2.21. The second kappa shape index (κ2) is 9.26. The van der Waals surface area contributed by atoms with Crippen LogP contribution in [-0.4, -0.2) is 41.5 Å². The van der Waals surface area contributed by atoms with Gasteiger partial charge in [-0.25, -0.2) is 13.1 Å². The van der Waals surface area contributed by atoms with Crippen molar-refractivity contribution in [3.8, 4) is 5.69 Å². The molecule has 0 saturated carbocycles. The van der Waals surface area contributed by atoms with Crippen LogP contribution < -0.4 is 5.32 Å². The molecule has 0 aliphatic carbocycles. The molecule has 2 aromatic carbocycles. The maximum atomic E-state index is 12.8. The van der Waals surface area contributed by atoms with E-state index in [1.165, 1.54) is 16.4 Å². The van der Waals surface area contributed by atoms with Crippen LogP contribution in [0, 0.1) is 13.8 Å². The summed E-state index contributed by atoms with van der Waals surface area (Å²) in [5, 5.41) is 7.54. The molecule has 0 spiro atoms. The number of hydrogen-bond acceptors (Lipinski definition) is 4. The van der Waals surface area contributed by atoms with Crippen LogP contribution in [0.1, 0.15) is 46.6 Å². The Balaban J connectivity index is 1.44. The number of sulfonamides is 1. The van der Waals surface area contributed by atoms with Crippen molar-refractivity contribution in [1.29, 1.82) is 0 Å². The lowest BCUT2D eigenvalue weighted by molar-refractivity contribution is 0.0950. The summed E-state index contributed by atoms with van der Waals surface area (Å²) in [6.07, 6.45) is 2.84. The van der Waals surface area contributed by atoms with E-state index < -0.39 is 10.0 Å². The van der Waals surface area contributed by atoms with E-state index in [9.17, 15) is 13.2 Å². The third kappa shape index (κ3) is 4.47. The SMILES string of the molecule is Cc1nn(-c2ccccc2)c(C)c1CNC(=O)c1ccc(S(=O)(=O)N2CCCCC2)cc1. The van der Waals surface area contributed by atoms with Crippen molar-refractivity contribution in [3.05, 3.63) is 77.1 Å². The van der Waals surface area contributed by atoms with Crippen molar-refractivity contribution in [3.63, 3.8) is 0 Å². The Morgan fingerprint density at radius 3 is 2.28 bits per heavy atom. The molecule has 1 amide bonds. The summed E-state index contributed by atoms with van der Waals surface area (Å²) in [7, 11) is -3.50. The Morgan fingerprint density at radius 1 is 0.969 bits per heavy atom. The van der Waals surface area contributed by atoms with Gasteiger partial charge >= 0.3 is 0 Å². The number of amides is 1. The van der Waals surface area contributed by atoms with Gasteiger partial charge in [-0.2, -0.15) is 9.40 Å². The average Bonchev–Trinajstić information content (AvgIpc) is 3.12. The van der Waals surface area contributed by atoms with Gasteiger partial charge in [-0.3, -0.25) is 4.79 Å². The van der Waals surface area contributed by atoms with Crippen LogP contribution in [-0.2, 0) is 16.6 Å². The predicted molar refractivity (Wildman–Crippen MR) is 123 cm³/mol. The number of benzene rings is 2.